The van der Waals surface area contributed by atoms with Gasteiger partial charge in [0.2, 0.25) is 0 Å². The van der Waals surface area contributed by atoms with Crippen molar-refractivity contribution in [3.63, 3.8) is 0 Å². The van der Waals surface area contributed by atoms with Crippen molar-refractivity contribution in [2.75, 3.05) is 0 Å². The highest BCUT2D eigenvalue weighted by atomic mass is 35.5. The normalized spacial score (nSPS) is 20.2. The Hall–Kier alpha value is -3.80. The Bertz CT molecular complexity index is 1390. The number of carbonyl (C=O) groups is 1. The minimum absolute atomic E-state index is 0.125. The van der Waals surface area contributed by atoms with Gasteiger partial charge in [-0.1, -0.05) is 36.4 Å². The molecule has 0 saturated heterocycles. The topological polar surface area (TPSA) is 101 Å². The summed E-state index contributed by atoms with van der Waals surface area (Å²) in [7, 11) is 0. The van der Waals surface area contributed by atoms with Crippen LogP contribution in [0.15, 0.2) is 74.9 Å². The fourth-order valence-corrected chi connectivity index (χ4v) is 3.88. The van der Waals surface area contributed by atoms with Crippen LogP contribution in [0.2, 0.25) is 5.02 Å². The molecule has 0 saturated carbocycles. The first-order valence-corrected chi connectivity index (χ1v) is 10.7. The maximum Gasteiger partial charge on any atom is 0.268 e. The predicted octanol–water partition coefficient (Wildman–Crippen LogP) is 3.13. The number of aromatic nitrogens is 2. The Morgan fingerprint density at radius 2 is 2.18 bits per heavy atom. The molecule has 33 heavy (non-hydrogen) atoms. The van der Waals surface area contributed by atoms with E-state index in [1.54, 1.807) is 36.4 Å². The number of hydrogen-bond acceptors (Lipinski definition) is 7. The van der Waals surface area contributed by atoms with Crippen LogP contribution >= 0.6 is 11.6 Å². The fraction of sp³-hybridized carbons (Fsp3) is 0.208. The second-order valence-corrected chi connectivity index (χ2v) is 7.87. The number of nitrogens with zero attached hydrogens (tertiary/aromatic N) is 4. The molecular formula is C24H21ClN6O2. The van der Waals surface area contributed by atoms with Crippen LogP contribution in [0.5, 0.6) is 0 Å². The summed E-state index contributed by atoms with van der Waals surface area (Å²) in [5.41, 5.74) is 6.62. The van der Waals surface area contributed by atoms with Gasteiger partial charge in [0, 0.05) is 12.1 Å². The molecule has 1 aromatic heterocycles. The summed E-state index contributed by atoms with van der Waals surface area (Å²) in [4.78, 5) is 37.5. The monoisotopic (exact) mass is 460 g/mol. The van der Waals surface area contributed by atoms with Gasteiger partial charge in [-0.25, -0.2) is 9.98 Å². The van der Waals surface area contributed by atoms with Crippen LogP contribution < -0.4 is 16.2 Å². The zero-order chi connectivity index (χ0) is 23.4. The number of fused-ring (bicyclic) bond motifs is 1. The van der Waals surface area contributed by atoms with Crippen LogP contribution in [0.25, 0.3) is 16.6 Å². The Morgan fingerprint density at radius 1 is 1.33 bits per heavy atom. The van der Waals surface area contributed by atoms with E-state index in [1.807, 2.05) is 13.8 Å². The molecule has 9 heteroatoms. The Labute approximate surface area is 195 Å². The van der Waals surface area contributed by atoms with Crippen LogP contribution in [0.3, 0.4) is 0 Å². The minimum Gasteiger partial charge on any atom is -0.350 e. The van der Waals surface area contributed by atoms with Gasteiger partial charge < -0.3 is 5.32 Å². The summed E-state index contributed by atoms with van der Waals surface area (Å²) < 4.78 is 1.50. The molecule has 2 unspecified atom stereocenters. The quantitative estimate of drug-likeness (QED) is 0.392. The molecule has 0 amide bonds. The summed E-state index contributed by atoms with van der Waals surface area (Å²) in [6, 6.07) is 4.83. The van der Waals surface area contributed by atoms with Gasteiger partial charge >= 0.3 is 0 Å². The lowest BCUT2D eigenvalue weighted by atomic mass is 10.1. The molecule has 2 N–H and O–H groups in total. The van der Waals surface area contributed by atoms with Gasteiger partial charge in [0.05, 0.1) is 22.0 Å². The summed E-state index contributed by atoms with van der Waals surface area (Å²) >= 11 is 6.34. The van der Waals surface area contributed by atoms with Gasteiger partial charge in [0.25, 0.3) is 5.56 Å². The van der Waals surface area contributed by atoms with Crippen LogP contribution in [0.4, 0.5) is 0 Å². The summed E-state index contributed by atoms with van der Waals surface area (Å²) in [6.45, 7) is 3.87. The third kappa shape index (κ3) is 4.55. The standard InChI is InChI=1S/C24H21ClN6O2/c1-15-21(26-12-7-13-32)27-14-28-22(15)29-16(2)23-30-19-11-6-10-18(25)20(19)24(33)31(23)17-8-4-3-5-9-17/h3-4,6-8,10-16,22,29H,1-2H3,(H,26,27,28)/b12-7-/t15?,16-,22?/m0/s1. The van der Waals surface area contributed by atoms with Gasteiger partial charge in [-0.2, -0.15) is 0 Å². The number of hydrogen-bond donors (Lipinski definition) is 2. The highest BCUT2D eigenvalue weighted by Gasteiger charge is 2.27. The number of allylic oxidation sites excluding steroid dienone is 5. The summed E-state index contributed by atoms with van der Waals surface area (Å²) in [6.07, 6.45) is 9.95. The van der Waals surface area contributed by atoms with Crippen molar-refractivity contribution < 1.29 is 4.79 Å². The molecule has 2 heterocycles. The number of halogens is 1. The molecule has 4 rings (SSSR count). The number of rotatable bonds is 6. The molecule has 1 aromatic carbocycles. The van der Waals surface area contributed by atoms with E-state index < -0.39 is 0 Å². The molecular weight excluding hydrogens is 440 g/mol. The van der Waals surface area contributed by atoms with E-state index >= 15 is 0 Å². The molecule has 0 spiro atoms. The zero-order valence-electron chi connectivity index (χ0n) is 18.0. The third-order valence-corrected chi connectivity index (χ3v) is 5.61. The molecule has 1 aliphatic carbocycles. The number of amidine groups is 1. The van der Waals surface area contributed by atoms with E-state index in [2.05, 4.69) is 32.1 Å². The van der Waals surface area contributed by atoms with E-state index in [4.69, 9.17) is 16.6 Å². The molecule has 2 aromatic rings. The highest BCUT2D eigenvalue weighted by Crippen LogP contribution is 2.24. The zero-order valence-corrected chi connectivity index (χ0v) is 18.7. The molecule has 0 radical (unpaired) electrons. The Kier molecular flexibility index (Phi) is 6.63. The van der Waals surface area contributed by atoms with Crippen LogP contribution in [-0.4, -0.2) is 34.2 Å². The van der Waals surface area contributed by atoms with Gasteiger partial charge in [-0.15, -0.1) is 0 Å². The maximum atomic E-state index is 13.5. The molecule has 0 bridgehead atoms. The molecule has 0 fully saturated rings. The first-order valence-electron chi connectivity index (χ1n) is 10.3. The fourth-order valence-electron chi connectivity index (χ4n) is 3.63. The van der Waals surface area contributed by atoms with Crippen LogP contribution in [0, 0.1) is 5.92 Å². The van der Waals surface area contributed by atoms with Crippen molar-refractivity contribution in [3.8, 4) is 0 Å². The lowest BCUT2D eigenvalue weighted by molar-refractivity contribution is -0.104. The maximum absolute atomic E-state index is 13.5. The van der Waals surface area contributed by atoms with Crippen LogP contribution in [0.1, 0.15) is 25.7 Å². The van der Waals surface area contributed by atoms with E-state index in [0.29, 0.717) is 39.6 Å². The number of aliphatic imine (C=N–C) groups is 2. The molecule has 8 nitrogen and oxygen atoms in total. The van der Waals surface area contributed by atoms with Crippen molar-refractivity contribution in [1.29, 1.82) is 0 Å². The largest absolute Gasteiger partial charge is 0.350 e. The van der Waals surface area contributed by atoms with Gasteiger partial charge in [-0.3, -0.25) is 24.5 Å². The van der Waals surface area contributed by atoms with E-state index in [-0.39, 0.29) is 23.7 Å². The first kappa shape index (κ1) is 22.4. The van der Waals surface area contributed by atoms with E-state index in [0.717, 1.165) is 0 Å². The molecule has 1 aliphatic heterocycles. The number of nitrogens with one attached hydrogen (secondary N) is 2. The summed E-state index contributed by atoms with van der Waals surface area (Å²) in [5, 5.41) is 7.12. The molecule has 166 valence electrons. The number of carbonyl (C=O) groups excluding carboxylic acids is 1. The van der Waals surface area contributed by atoms with Crippen molar-refractivity contribution in [2.45, 2.75) is 26.1 Å². The highest BCUT2D eigenvalue weighted by molar-refractivity contribution is 6.35. The van der Waals surface area contributed by atoms with Crippen LogP contribution in [-0.2, 0) is 4.79 Å². The lowest BCUT2D eigenvalue weighted by Crippen LogP contribution is -2.45. The molecule has 2 aliphatic rings. The average molecular weight is 461 g/mol. The van der Waals surface area contributed by atoms with Crippen molar-refractivity contribution in [2.24, 2.45) is 15.9 Å². The SMILES string of the molecule is CC1C(N/C=C\C=O)=NC=NC1N[C@@H](C)c1nc2cccc(Cl)c2c(=O)n1C1=C=C=CC=C1. The number of benzene rings is 1. The van der Waals surface area contributed by atoms with Gasteiger partial charge in [-0.05, 0) is 43.0 Å². The number of aldehydes is 1. The van der Waals surface area contributed by atoms with Crippen molar-refractivity contribution >= 4 is 46.7 Å². The first-order chi connectivity index (χ1) is 16.0. The smallest absolute Gasteiger partial charge is 0.268 e. The third-order valence-electron chi connectivity index (χ3n) is 5.29. The lowest BCUT2D eigenvalue weighted by Gasteiger charge is -2.28. The van der Waals surface area contributed by atoms with Gasteiger partial charge in [0.15, 0.2) is 0 Å². The second-order valence-electron chi connectivity index (χ2n) is 7.47. The minimum atomic E-state index is -0.371. The van der Waals surface area contributed by atoms with E-state index in [9.17, 15) is 9.59 Å². The van der Waals surface area contributed by atoms with Gasteiger partial charge in [0.1, 0.15) is 36.1 Å². The predicted molar refractivity (Wildman–Crippen MR) is 130 cm³/mol. The van der Waals surface area contributed by atoms with Crippen molar-refractivity contribution in [3.05, 3.63) is 81.4 Å². The van der Waals surface area contributed by atoms with E-state index in [1.165, 1.54) is 23.2 Å². The molecule has 3 atom stereocenters. The Balaban J connectivity index is 1.74. The Morgan fingerprint density at radius 3 is 2.94 bits per heavy atom. The van der Waals surface area contributed by atoms with Crippen molar-refractivity contribution in [1.82, 2.24) is 20.2 Å². The second kappa shape index (κ2) is 9.77. The summed E-state index contributed by atoms with van der Waals surface area (Å²) in [5.74, 6) is 1.03. The average Bonchev–Trinajstić information content (AvgIpc) is 2.82.